The molecule has 0 heterocycles. The summed E-state index contributed by atoms with van der Waals surface area (Å²) in [6.45, 7) is -0.566. The predicted octanol–water partition coefficient (Wildman–Crippen LogP) is 5.08. The van der Waals surface area contributed by atoms with Crippen LogP contribution < -0.4 is 18.9 Å². The predicted molar refractivity (Wildman–Crippen MR) is 146 cm³/mol. The Kier molecular flexibility index (Phi) is 8.50. The Bertz CT molecular complexity index is 1550. The molecule has 38 heavy (non-hydrogen) atoms. The standard InChI is InChI=1S/C27H24BrFN2O6S/c1-35-25(32)15-31(38(30,33)34)27-24(37-17-19-10-6-3-7-11-19)13-20-12-23(22(28)14-21(20)26(27)29)36-16-18-8-4-2-5-9-18/h2-14H,15-17H2,1H3,(H2,30,33,34). The monoisotopic (exact) mass is 602 g/mol. The number of hydrogen-bond acceptors (Lipinski definition) is 6. The van der Waals surface area contributed by atoms with Gasteiger partial charge in [0.25, 0.3) is 10.2 Å². The maximum atomic E-state index is 16.1. The fraction of sp³-hybridized carbons (Fsp3) is 0.148. The minimum Gasteiger partial charge on any atom is -0.488 e. The number of carbonyl (C=O) groups excluding carboxylic acids is 1. The van der Waals surface area contributed by atoms with Crippen molar-refractivity contribution >= 4 is 48.6 Å². The lowest BCUT2D eigenvalue weighted by Crippen LogP contribution is -2.41. The molecule has 198 valence electrons. The molecule has 0 spiro atoms. The SMILES string of the molecule is COC(=O)CN(c1c(OCc2ccccc2)cc2cc(OCc3ccccc3)c(Br)cc2c1F)S(N)(=O)=O. The molecule has 4 rings (SSSR count). The number of nitrogens with two attached hydrogens (primary N) is 1. The molecule has 8 nitrogen and oxygen atoms in total. The second-order valence-corrected chi connectivity index (χ2v) is 10.5. The summed E-state index contributed by atoms with van der Waals surface area (Å²) in [5.74, 6) is -1.56. The van der Waals surface area contributed by atoms with Crippen LogP contribution in [0.2, 0.25) is 0 Å². The summed E-state index contributed by atoms with van der Waals surface area (Å²) >= 11 is 3.40. The zero-order chi connectivity index (χ0) is 27.3. The number of anilines is 1. The quantitative estimate of drug-likeness (QED) is 0.254. The Labute approximate surface area is 228 Å². The molecule has 0 bridgehead atoms. The summed E-state index contributed by atoms with van der Waals surface area (Å²) in [4.78, 5) is 12.0. The summed E-state index contributed by atoms with van der Waals surface area (Å²) in [6, 6.07) is 23.1. The van der Waals surface area contributed by atoms with Crippen molar-refractivity contribution in [1.82, 2.24) is 0 Å². The van der Waals surface area contributed by atoms with Gasteiger partial charge in [0.1, 0.15) is 36.9 Å². The number of ether oxygens (including phenoxy) is 3. The Morgan fingerprint density at radius 3 is 1.97 bits per heavy atom. The van der Waals surface area contributed by atoms with E-state index in [4.69, 9.17) is 14.6 Å². The van der Waals surface area contributed by atoms with Gasteiger partial charge in [-0.15, -0.1) is 0 Å². The number of methoxy groups -OCH3 is 1. The van der Waals surface area contributed by atoms with E-state index < -0.39 is 34.2 Å². The highest BCUT2D eigenvalue weighted by Gasteiger charge is 2.30. The van der Waals surface area contributed by atoms with Crippen molar-refractivity contribution in [2.45, 2.75) is 13.2 Å². The van der Waals surface area contributed by atoms with Gasteiger partial charge in [-0.05, 0) is 50.6 Å². The van der Waals surface area contributed by atoms with Gasteiger partial charge in [0.2, 0.25) is 0 Å². The summed E-state index contributed by atoms with van der Waals surface area (Å²) < 4.78 is 58.4. The lowest BCUT2D eigenvalue weighted by atomic mass is 10.1. The van der Waals surface area contributed by atoms with Crippen LogP contribution in [-0.4, -0.2) is 28.0 Å². The fourth-order valence-electron chi connectivity index (χ4n) is 3.73. The maximum absolute atomic E-state index is 16.1. The number of fused-ring (bicyclic) bond motifs is 1. The first kappa shape index (κ1) is 27.4. The third-order valence-electron chi connectivity index (χ3n) is 5.60. The summed E-state index contributed by atoms with van der Waals surface area (Å²) in [6.07, 6.45) is 0. The molecule has 0 aliphatic heterocycles. The van der Waals surface area contributed by atoms with Crippen molar-refractivity contribution in [1.29, 1.82) is 0 Å². The van der Waals surface area contributed by atoms with Crippen LogP contribution in [0.25, 0.3) is 10.8 Å². The molecular weight excluding hydrogens is 579 g/mol. The van der Waals surface area contributed by atoms with Crippen LogP contribution in [0.15, 0.2) is 83.3 Å². The average Bonchev–Trinajstić information content (AvgIpc) is 2.91. The van der Waals surface area contributed by atoms with Gasteiger partial charge in [-0.3, -0.25) is 4.79 Å². The number of rotatable bonds is 10. The number of carbonyl (C=O) groups is 1. The largest absolute Gasteiger partial charge is 0.488 e. The molecule has 0 aliphatic carbocycles. The lowest BCUT2D eigenvalue weighted by molar-refractivity contribution is -0.138. The van der Waals surface area contributed by atoms with Gasteiger partial charge in [0.05, 0.1) is 11.6 Å². The zero-order valence-electron chi connectivity index (χ0n) is 20.3. The molecule has 0 saturated heterocycles. The van der Waals surface area contributed by atoms with Crippen molar-refractivity contribution in [3.63, 3.8) is 0 Å². The molecule has 0 atom stereocenters. The van der Waals surface area contributed by atoms with Crippen LogP contribution in [0, 0.1) is 5.82 Å². The van der Waals surface area contributed by atoms with E-state index in [0.717, 1.165) is 18.2 Å². The van der Waals surface area contributed by atoms with Gasteiger partial charge in [-0.1, -0.05) is 60.7 Å². The first-order valence-electron chi connectivity index (χ1n) is 11.3. The van der Waals surface area contributed by atoms with Crippen molar-refractivity contribution in [3.8, 4) is 11.5 Å². The molecule has 0 unspecified atom stereocenters. The van der Waals surface area contributed by atoms with Gasteiger partial charge in [0.15, 0.2) is 5.82 Å². The normalized spacial score (nSPS) is 11.3. The van der Waals surface area contributed by atoms with E-state index in [1.807, 2.05) is 48.5 Å². The number of hydrogen-bond donors (Lipinski definition) is 1. The van der Waals surface area contributed by atoms with E-state index in [1.165, 1.54) is 12.1 Å². The first-order valence-corrected chi connectivity index (χ1v) is 13.6. The molecule has 0 aromatic heterocycles. The smallest absolute Gasteiger partial charge is 0.326 e. The maximum Gasteiger partial charge on any atom is 0.326 e. The van der Waals surface area contributed by atoms with Crippen LogP contribution in [0.4, 0.5) is 10.1 Å². The van der Waals surface area contributed by atoms with Crippen LogP contribution in [0.5, 0.6) is 11.5 Å². The van der Waals surface area contributed by atoms with Crippen LogP contribution in [-0.2, 0) is 33.0 Å². The van der Waals surface area contributed by atoms with Crippen LogP contribution >= 0.6 is 15.9 Å². The molecule has 0 aliphatic rings. The minimum atomic E-state index is -4.60. The zero-order valence-corrected chi connectivity index (χ0v) is 22.7. The Morgan fingerprint density at radius 1 is 0.921 bits per heavy atom. The molecule has 0 radical (unpaired) electrons. The van der Waals surface area contributed by atoms with Crippen LogP contribution in [0.3, 0.4) is 0 Å². The highest BCUT2D eigenvalue weighted by molar-refractivity contribution is 9.10. The number of halogens is 2. The van der Waals surface area contributed by atoms with E-state index in [1.54, 1.807) is 18.2 Å². The molecular formula is C27H24BrFN2O6S. The van der Waals surface area contributed by atoms with Gasteiger partial charge in [-0.25, -0.2) is 13.8 Å². The molecule has 2 N–H and O–H groups in total. The molecule has 0 amide bonds. The minimum absolute atomic E-state index is 0.00334. The molecule has 0 fully saturated rings. The average molecular weight is 603 g/mol. The molecule has 4 aromatic rings. The highest BCUT2D eigenvalue weighted by atomic mass is 79.9. The van der Waals surface area contributed by atoms with Crippen molar-refractivity contribution in [2.75, 3.05) is 18.0 Å². The van der Waals surface area contributed by atoms with Gasteiger partial charge in [0, 0.05) is 5.39 Å². The third-order valence-corrected chi connectivity index (χ3v) is 7.15. The van der Waals surface area contributed by atoms with Crippen molar-refractivity contribution in [3.05, 3.63) is 100 Å². The lowest BCUT2D eigenvalue weighted by Gasteiger charge is -2.25. The topological polar surface area (TPSA) is 108 Å². The van der Waals surface area contributed by atoms with Crippen molar-refractivity contribution in [2.24, 2.45) is 5.14 Å². The van der Waals surface area contributed by atoms with Gasteiger partial charge in [-0.2, -0.15) is 8.42 Å². The second-order valence-electron chi connectivity index (χ2n) is 8.22. The third kappa shape index (κ3) is 6.42. The van der Waals surface area contributed by atoms with Crippen molar-refractivity contribution < 1.29 is 31.8 Å². The van der Waals surface area contributed by atoms with E-state index >= 15 is 4.39 Å². The Balaban J connectivity index is 1.82. The van der Waals surface area contributed by atoms with E-state index in [-0.39, 0.29) is 24.3 Å². The summed E-state index contributed by atoms with van der Waals surface area (Å²) in [5.41, 5.74) is 1.20. The number of benzene rings is 4. The molecule has 0 saturated carbocycles. The van der Waals surface area contributed by atoms with Gasteiger partial charge < -0.3 is 14.2 Å². The highest BCUT2D eigenvalue weighted by Crippen LogP contribution is 2.41. The Morgan fingerprint density at radius 2 is 1.45 bits per heavy atom. The Hall–Kier alpha value is -3.67. The van der Waals surface area contributed by atoms with Gasteiger partial charge >= 0.3 is 5.97 Å². The van der Waals surface area contributed by atoms with E-state index in [0.29, 0.717) is 19.9 Å². The first-order chi connectivity index (χ1) is 18.2. The number of esters is 1. The second kappa shape index (κ2) is 11.8. The van der Waals surface area contributed by atoms with E-state index in [2.05, 4.69) is 20.7 Å². The van der Waals surface area contributed by atoms with Crippen LogP contribution in [0.1, 0.15) is 11.1 Å². The summed E-state index contributed by atoms with van der Waals surface area (Å²) in [5, 5.41) is 5.83. The fourth-order valence-corrected chi connectivity index (χ4v) is 4.89. The number of nitrogens with zero attached hydrogens (tertiary/aromatic N) is 1. The van der Waals surface area contributed by atoms with E-state index in [9.17, 15) is 13.2 Å². The molecule has 11 heteroatoms. The summed E-state index contributed by atoms with van der Waals surface area (Å²) in [7, 11) is -3.52. The molecule has 4 aromatic carbocycles.